The van der Waals surface area contributed by atoms with Gasteiger partial charge in [0.05, 0.1) is 6.42 Å². The maximum absolute atomic E-state index is 11.9. The fourth-order valence-corrected chi connectivity index (χ4v) is 2.79. The Balaban J connectivity index is 1.62. The number of carbonyl (C=O) groups is 4. The molecule has 1 fully saturated rings. The lowest BCUT2D eigenvalue weighted by atomic mass is 10.1. The first-order valence-corrected chi connectivity index (χ1v) is 8.86. The number of halogens is 1. The molecule has 0 atom stereocenters. The number of ketones is 1. The number of benzene rings is 1. The summed E-state index contributed by atoms with van der Waals surface area (Å²) in [5.41, 5.74) is 0.448. The Kier molecular flexibility index (Phi) is 7.59. The minimum absolute atomic E-state index is 0.0374. The van der Waals surface area contributed by atoms with Crippen LogP contribution >= 0.6 is 11.6 Å². The number of amides is 3. The number of hydrogen-bond acceptors (Lipinski definition) is 5. The van der Waals surface area contributed by atoms with Crippen LogP contribution in [0.15, 0.2) is 24.3 Å². The van der Waals surface area contributed by atoms with Gasteiger partial charge in [-0.1, -0.05) is 24.4 Å². The number of urea groups is 1. The van der Waals surface area contributed by atoms with Crippen LogP contribution in [0.3, 0.4) is 0 Å². The fourth-order valence-electron chi connectivity index (χ4n) is 2.67. The molecule has 2 rings (SSSR count). The normalized spacial score (nSPS) is 13.9. The monoisotopic (exact) mass is 380 g/mol. The third-order valence-electron chi connectivity index (χ3n) is 4.03. The zero-order valence-electron chi connectivity index (χ0n) is 14.3. The van der Waals surface area contributed by atoms with E-state index in [9.17, 15) is 19.2 Å². The van der Waals surface area contributed by atoms with Crippen molar-refractivity contribution in [1.29, 1.82) is 0 Å². The second-order valence-electron chi connectivity index (χ2n) is 6.09. The molecule has 1 aromatic rings. The molecule has 0 spiro atoms. The molecule has 26 heavy (non-hydrogen) atoms. The summed E-state index contributed by atoms with van der Waals surface area (Å²) in [5.74, 6) is -1.62. The maximum atomic E-state index is 11.9. The van der Waals surface area contributed by atoms with E-state index in [1.807, 2.05) is 0 Å². The van der Waals surface area contributed by atoms with E-state index in [0.29, 0.717) is 10.6 Å². The van der Waals surface area contributed by atoms with E-state index in [1.54, 1.807) is 24.3 Å². The molecule has 1 saturated carbocycles. The molecule has 0 radical (unpaired) electrons. The van der Waals surface area contributed by atoms with Crippen LogP contribution in [0.5, 0.6) is 0 Å². The summed E-state index contributed by atoms with van der Waals surface area (Å²) in [6.45, 7) is -0.563. The third kappa shape index (κ3) is 6.84. The van der Waals surface area contributed by atoms with Gasteiger partial charge in [-0.2, -0.15) is 0 Å². The first-order chi connectivity index (χ1) is 12.4. The predicted molar refractivity (Wildman–Crippen MR) is 94.9 cm³/mol. The van der Waals surface area contributed by atoms with E-state index < -0.39 is 24.5 Å². The molecule has 0 saturated heterocycles. The van der Waals surface area contributed by atoms with Gasteiger partial charge in [-0.15, -0.1) is 0 Å². The Hall–Kier alpha value is -2.41. The van der Waals surface area contributed by atoms with Crippen molar-refractivity contribution in [3.05, 3.63) is 34.9 Å². The Morgan fingerprint density at radius 1 is 1.04 bits per heavy atom. The van der Waals surface area contributed by atoms with Gasteiger partial charge in [-0.25, -0.2) is 4.79 Å². The van der Waals surface area contributed by atoms with Gasteiger partial charge in [0.1, 0.15) is 0 Å². The molecule has 140 valence electrons. The van der Waals surface area contributed by atoms with Gasteiger partial charge in [0, 0.05) is 23.0 Å². The SMILES string of the molecule is O=C(COC(=O)CCC(=O)c1ccc(Cl)cc1)NC(=O)NC1CCCC1. The highest BCUT2D eigenvalue weighted by atomic mass is 35.5. The number of ether oxygens (including phenoxy) is 1. The van der Waals surface area contributed by atoms with Crippen molar-refractivity contribution in [3.63, 3.8) is 0 Å². The highest BCUT2D eigenvalue weighted by molar-refractivity contribution is 6.30. The average Bonchev–Trinajstić information content (AvgIpc) is 3.11. The van der Waals surface area contributed by atoms with Gasteiger partial charge < -0.3 is 10.1 Å². The van der Waals surface area contributed by atoms with E-state index in [2.05, 4.69) is 10.6 Å². The molecule has 1 aromatic carbocycles. The van der Waals surface area contributed by atoms with Gasteiger partial charge in [0.25, 0.3) is 5.91 Å². The van der Waals surface area contributed by atoms with Gasteiger partial charge in [0.15, 0.2) is 12.4 Å². The Morgan fingerprint density at radius 3 is 2.35 bits per heavy atom. The number of Topliss-reactive ketones (excluding diaryl/α,β-unsaturated/α-hetero) is 1. The molecule has 1 aliphatic carbocycles. The number of esters is 1. The second-order valence-corrected chi connectivity index (χ2v) is 6.53. The Labute approximate surface area is 156 Å². The van der Waals surface area contributed by atoms with Crippen molar-refractivity contribution in [3.8, 4) is 0 Å². The molecular weight excluding hydrogens is 360 g/mol. The topological polar surface area (TPSA) is 102 Å². The Bertz CT molecular complexity index is 669. The van der Waals surface area contributed by atoms with Crippen molar-refractivity contribution in [1.82, 2.24) is 10.6 Å². The van der Waals surface area contributed by atoms with E-state index >= 15 is 0 Å². The maximum Gasteiger partial charge on any atom is 0.321 e. The van der Waals surface area contributed by atoms with Crippen LogP contribution in [0.1, 0.15) is 48.9 Å². The van der Waals surface area contributed by atoms with E-state index in [-0.39, 0.29) is 24.7 Å². The minimum atomic E-state index is -0.710. The molecule has 0 heterocycles. The molecule has 2 N–H and O–H groups in total. The van der Waals surface area contributed by atoms with Crippen LogP contribution < -0.4 is 10.6 Å². The standard InChI is InChI=1S/C18H21ClN2O5/c19-13-7-5-12(6-8-13)15(22)9-10-17(24)26-11-16(23)21-18(25)20-14-3-1-2-4-14/h5-8,14H,1-4,9-11H2,(H2,20,21,23,25). The average molecular weight is 381 g/mol. The van der Waals surface area contributed by atoms with Gasteiger partial charge in [0.2, 0.25) is 0 Å². The number of nitrogens with one attached hydrogen (secondary N) is 2. The molecule has 0 bridgehead atoms. The van der Waals surface area contributed by atoms with Crippen LogP contribution in [0.2, 0.25) is 5.02 Å². The summed E-state index contributed by atoms with van der Waals surface area (Å²) in [6.07, 6.45) is 3.74. The number of carbonyl (C=O) groups excluding carboxylic acids is 4. The molecule has 3 amide bonds. The van der Waals surface area contributed by atoms with Crippen LogP contribution in [0.25, 0.3) is 0 Å². The molecule has 0 aromatic heterocycles. The van der Waals surface area contributed by atoms with Crippen LogP contribution in [-0.2, 0) is 14.3 Å². The fraction of sp³-hybridized carbons (Fsp3) is 0.444. The van der Waals surface area contributed by atoms with E-state index in [1.165, 1.54) is 0 Å². The molecule has 8 heteroatoms. The quantitative estimate of drug-likeness (QED) is 0.559. The van der Waals surface area contributed by atoms with Crippen molar-refractivity contribution in [2.45, 2.75) is 44.6 Å². The summed E-state index contributed by atoms with van der Waals surface area (Å²) in [7, 11) is 0. The highest BCUT2D eigenvalue weighted by Gasteiger charge is 2.18. The van der Waals surface area contributed by atoms with Gasteiger partial charge in [-0.3, -0.25) is 19.7 Å². The largest absolute Gasteiger partial charge is 0.456 e. The number of imide groups is 1. The minimum Gasteiger partial charge on any atom is -0.456 e. The van der Waals surface area contributed by atoms with Crippen molar-refractivity contribution < 1.29 is 23.9 Å². The number of hydrogen-bond donors (Lipinski definition) is 2. The number of rotatable bonds is 7. The summed E-state index contributed by atoms with van der Waals surface area (Å²) in [4.78, 5) is 46.8. The third-order valence-corrected chi connectivity index (χ3v) is 4.28. The molecule has 0 unspecified atom stereocenters. The zero-order valence-corrected chi connectivity index (χ0v) is 15.0. The van der Waals surface area contributed by atoms with E-state index in [0.717, 1.165) is 25.7 Å². The Morgan fingerprint density at radius 2 is 1.69 bits per heavy atom. The lowest BCUT2D eigenvalue weighted by molar-refractivity contribution is -0.148. The lowest BCUT2D eigenvalue weighted by Gasteiger charge is -2.12. The summed E-state index contributed by atoms with van der Waals surface area (Å²) in [5, 5.41) is 5.32. The van der Waals surface area contributed by atoms with Crippen LogP contribution in [-0.4, -0.2) is 36.3 Å². The highest BCUT2D eigenvalue weighted by Crippen LogP contribution is 2.17. The van der Waals surface area contributed by atoms with Gasteiger partial charge >= 0.3 is 12.0 Å². The van der Waals surface area contributed by atoms with E-state index in [4.69, 9.17) is 16.3 Å². The van der Waals surface area contributed by atoms with Gasteiger partial charge in [-0.05, 0) is 37.1 Å². The van der Waals surface area contributed by atoms with Crippen molar-refractivity contribution in [2.24, 2.45) is 0 Å². The molecule has 1 aliphatic rings. The summed E-state index contributed by atoms with van der Waals surface area (Å²) in [6, 6.07) is 5.83. The van der Waals surface area contributed by atoms with Crippen LogP contribution in [0, 0.1) is 0 Å². The first kappa shape index (κ1) is 19.9. The smallest absolute Gasteiger partial charge is 0.321 e. The zero-order chi connectivity index (χ0) is 18.9. The van der Waals surface area contributed by atoms with Crippen LogP contribution in [0.4, 0.5) is 4.79 Å². The van der Waals surface area contributed by atoms with Crippen molar-refractivity contribution in [2.75, 3.05) is 6.61 Å². The summed E-state index contributed by atoms with van der Waals surface area (Å²) < 4.78 is 4.78. The molecular formula is C18H21ClN2O5. The molecule has 0 aliphatic heterocycles. The predicted octanol–water partition coefficient (Wildman–Crippen LogP) is 2.61. The van der Waals surface area contributed by atoms with Crippen molar-refractivity contribution >= 4 is 35.3 Å². The molecule has 7 nitrogen and oxygen atoms in total. The first-order valence-electron chi connectivity index (χ1n) is 8.49. The second kappa shape index (κ2) is 9.91. The summed E-state index contributed by atoms with van der Waals surface area (Å²) >= 11 is 5.75. The lowest BCUT2D eigenvalue weighted by Crippen LogP contribution is -2.45.